The van der Waals surface area contributed by atoms with Crippen molar-refractivity contribution in [2.45, 2.75) is 49.2 Å². The molecule has 9 nitrogen and oxygen atoms in total. The van der Waals surface area contributed by atoms with Gasteiger partial charge in [0, 0.05) is 24.1 Å². The molecule has 1 aliphatic heterocycles. The van der Waals surface area contributed by atoms with Gasteiger partial charge in [0.05, 0.1) is 11.0 Å². The van der Waals surface area contributed by atoms with Crippen molar-refractivity contribution >= 4 is 37.1 Å². The van der Waals surface area contributed by atoms with Crippen molar-refractivity contribution in [3.05, 3.63) is 58.9 Å². The summed E-state index contributed by atoms with van der Waals surface area (Å²) in [5.74, 6) is -1.44. The van der Waals surface area contributed by atoms with E-state index in [4.69, 9.17) is 0 Å². The molecule has 3 aromatic rings. The lowest BCUT2D eigenvalue weighted by Crippen LogP contribution is -2.46. The number of halogens is 6. The van der Waals surface area contributed by atoms with Crippen LogP contribution in [0.3, 0.4) is 0 Å². The Hall–Kier alpha value is -3.34. The first kappa shape index (κ1) is 28.2. The van der Waals surface area contributed by atoms with Gasteiger partial charge in [0.15, 0.2) is 0 Å². The van der Waals surface area contributed by atoms with Crippen LogP contribution in [0, 0.1) is 6.92 Å². The van der Waals surface area contributed by atoms with E-state index in [2.05, 4.69) is 9.17 Å². The molecule has 216 valence electrons. The fourth-order valence-corrected chi connectivity index (χ4v) is 6.74. The summed E-state index contributed by atoms with van der Waals surface area (Å²) in [5, 5.41) is 0. The molecular formula is C23H19F6N3O6S2. The SMILES string of the molecule is Cc1c(OS(=O)(=O)C(F)(F)F)ccc2c1[C@H]1CCCN(C(=O)c3ccc4ncn(S(=O)(=O)C(F)(F)F)c4c3)C1C2. The number of carbonyl (C=O) groups excluding carboxylic acids is 1. The zero-order valence-corrected chi connectivity index (χ0v) is 22.0. The minimum Gasteiger partial charge on any atom is -0.376 e. The highest BCUT2D eigenvalue weighted by atomic mass is 32.2. The van der Waals surface area contributed by atoms with E-state index in [0.29, 0.717) is 36.7 Å². The number of aromatic nitrogens is 2. The zero-order valence-electron chi connectivity index (χ0n) is 20.3. The molecule has 0 saturated carbocycles. The fraction of sp³-hybridized carbons (Fsp3) is 0.391. The second-order valence-electron chi connectivity index (χ2n) is 9.46. The minimum atomic E-state index is -5.90. The second kappa shape index (κ2) is 9.09. The lowest BCUT2D eigenvalue weighted by atomic mass is 9.86. The monoisotopic (exact) mass is 611 g/mol. The Balaban J connectivity index is 1.47. The maximum absolute atomic E-state index is 13.6. The minimum absolute atomic E-state index is 0.0383. The predicted octanol–water partition coefficient (Wildman–Crippen LogP) is 4.22. The lowest BCUT2D eigenvalue weighted by molar-refractivity contribution is -0.0500. The first-order valence-corrected chi connectivity index (χ1v) is 14.5. The molecule has 5 rings (SSSR count). The summed E-state index contributed by atoms with van der Waals surface area (Å²) in [7, 11) is -11.7. The van der Waals surface area contributed by atoms with Crippen molar-refractivity contribution in [3.63, 3.8) is 0 Å². The Morgan fingerprint density at radius 2 is 1.73 bits per heavy atom. The molecule has 1 aromatic heterocycles. The number of amides is 1. The van der Waals surface area contributed by atoms with Gasteiger partial charge in [-0.15, -0.1) is 0 Å². The molecule has 40 heavy (non-hydrogen) atoms. The highest BCUT2D eigenvalue weighted by Gasteiger charge is 2.50. The number of likely N-dealkylation sites (tertiary alicyclic amines) is 1. The molecule has 2 aliphatic rings. The van der Waals surface area contributed by atoms with Gasteiger partial charge in [-0.05, 0) is 67.1 Å². The van der Waals surface area contributed by atoms with Gasteiger partial charge in [0.2, 0.25) is 0 Å². The molecule has 1 amide bonds. The molecule has 1 saturated heterocycles. The van der Waals surface area contributed by atoms with Gasteiger partial charge in [-0.2, -0.15) is 43.2 Å². The van der Waals surface area contributed by atoms with Gasteiger partial charge in [0.25, 0.3) is 5.91 Å². The van der Waals surface area contributed by atoms with Crippen molar-refractivity contribution in [2.24, 2.45) is 0 Å². The molecular weight excluding hydrogens is 592 g/mol. The first-order valence-electron chi connectivity index (χ1n) is 11.7. The van der Waals surface area contributed by atoms with E-state index in [1.165, 1.54) is 30.0 Å². The van der Waals surface area contributed by atoms with Crippen LogP contribution in [0.4, 0.5) is 26.3 Å². The molecule has 1 fully saturated rings. The van der Waals surface area contributed by atoms with E-state index in [1.807, 2.05) is 0 Å². The molecule has 2 heterocycles. The largest absolute Gasteiger partial charge is 0.534 e. The summed E-state index contributed by atoms with van der Waals surface area (Å²) in [5.41, 5.74) is -10.4. The third-order valence-electron chi connectivity index (χ3n) is 7.19. The first-order chi connectivity index (χ1) is 18.4. The van der Waals surface area contributed by atoms with Crippen LogP contribution in [-0.4, -0.2) is 60.2 Å². The summed E-state index contributed by atoms with van der Waals surface area (Å²) in [6.45, 7) is 1.69. The van der Waals surface area contributed by atoms with Gasteiger partial charge in [0.1, 0.15) is 12.1 Å². The Kier molecular flexibility index (Phi) is 6.41. The molecule has 0 radical (unpaired) electrons. The topological polar surface area (TPSA) is 116 Å². The van der Waals surface area contributed by atoms with Crippen LogP contribution >= 0.6 is 0 Å². The Morgan fingerprint density at radius 3 is 2.38 bits per heavy atom. The van der Waals surface area contributed by atoms with E-state index in [9.17, 15) is 48.0 Å². The van der Waals surface area contributed by atoms with Gasteiger partial charge in [-0.1, -0.05) is 6.07 Å². The van der Waals surface area contributed by atoms with Crippen molar-refractivity contribution in [1.82, 2.24) is 13.9 Å². The summed E-state index contributed by atoms with van der Waals surface area (Å²) >= 11 is 0. The molecule has 17 heteroatoms. The number of hydrogen-bond donors (Lipinski definition) is 0. The summed E-state index contributed by atoms with van der Waals surface area (Å²) in [6, 6.07) is 5.63. The number of piperidine rings is 1. The lowest BCUT2D eigenvalue weighted by Gasteiger charge is -2.38. The fourth-order valence-electron chi connectivity index (χ4n) is 5.43. The van der Waals surface area contributed by atoms with Crippen LogP contribution in [0.25, 0.3) is 11.0 Å². The molecule has 0 N–H and O–H groups in total. The number of benzene rings is 2. The standard InChI is InChI=1S/C23H19F6N3O6S2/c1-12-19(38-40(36,37)23(27,28)29)7-5-13-9-17-15(20(12)13)3-2-8-31(17)21(33)14-4-6-16-18(10-14)32(11-30-16)39(34,35)22(24,25)26/h4-7,10-11,15,17H,2-3,8-9H2,1H3/t15-,17?/m0/s1. The van der Waals surface area contributed by atoms with Gasteiger partial charge in [-0.3, -0.25) is 4.79 Å². The van der Waals surface area contributed by atoms with E-state index in [1.54, 1.807) is 0 Å². The third-order valence-corrected chi connectivity index (χ3v) is 9.55. The summed E-state index contributed by atoms with van der Waals surface area (Å²) < 4.78 is 129. The molecule has 2 atom stereocenters. The van der Waals surface area contributed by atoms with E-state index in [-0.39, 0.29) is 33.1 Å². The van der Waals surface area contributed by atoms with Crippen molar-refractivity contribution in [2.75, 3.05) is 6.54 Å². The molecule has 0 spiro atoms. The van der Waals surface area contributed by atoms with Gasteiger partial charge >= 0.3 is 31.2 Å². The number of carbonyl (C=O) groups is 1. The average Bonchev–Trinajstić information content (AvgIpc) is 3.45. The van der Waals surface area contributed by atoms with Crippen LogP contribution < -0.4 is 4.18 Å². The maximum Gasteiger partial charge on any atom is 0.534 e. The Bertz CT molecular complexity index is 1750. The Morgan fingerprint density at radius 1 is 1.02 bits per heavy atom. The number of fused-ring (bicyclic) bond motifs is 4. The molecule has 1 unspecified atom stereocenters. The summed E-state index contributed by atoms with van der Waals surface area (Å²) in [4.78, 5) is 18.7. The van der Waals surface area contributed by atoms with Crippen LogP contribution in [0.15, 0.2) is 36.7 Å². The average molecular weight is 612 g/mol. The maximum atomic E-state index is 13.6. The highest BCUT2D eigenvalue weighted by Crippen LogP contribution is 2.46. The van der Waals surface area contributed by atoms with Gasteiger partial charge in [-0.25, -0.2) is 8.96 Å². The predicted molar refractivity (Wildman–Crippen MR) is 127 cm³/mol. The van der Waals surface area contributed by atoms with Crippen molar-refractivity contribution < 1.29 is 52.2 Å². The third kappa shape index (κ3) is 4.38. The smallest absolute Gasteiger partial charge is 0.376 e. The van der Waals surface area contributed by atoms with Crippen molar-refractivity contribution in [1.29, 1.82) is 0 Å². The van der Waals surface area contributed by atoms with Crippen LogP contribution in [0.2, 0.25) is 0 Å². The number of nitrogens with zero attached hydrogens (tertiary/aromatic N) is 3. The van der Waals surface area contributed by atoms with Crippen molar-refractivity contribution in [3.8, 4) is 5.75 Å². The second-order valence-corrected chi connectivity index (χ2v) is 12.8. The normalized spacial score (nSPS) is 19.9. The number of rotatable bonds is 4. The molecule has 2 aromatic carbocycles. The van der Waals surface area contributed by atoms with Gasteiger partial charge < -0.3 is 9.08 Å². The zero-order chi connectivity index (χ0) is 29.4. The van der Waals surface area contributed by atoms with Crippen LogP contribution in [0.1, 0.15) is 45.8 Å². The van der Waals surface area contributed by atoms with E-state index in [0.717, 1.165) is 12.1 Å². The van der Waals surface area contributed by atoms with E-state index < -0.39 is 54.4 Å². The number of hydrogen-bond acceptors (Lipinski definition) is 7. The van der Waals surface area contributed by atoms with Crippen LogP contribution in [-0.2, 0) is 26.6 Å². The summed E-state index contributed by atoms with van der Waals surface area (Å²) in [6.07, 6.45) is 1.81. The quantitative estimate of drug-likeness (QED) is 0.247. The molecule has 1 aliphatic carbocycles. The van der Waals surface area contributed by atoms with Crippen LogP contribution in [0.5, 0.6) is 5.75 Å². The Labute approximate surface area is 223 Å². The molecule has 0 bridgehead atoms. The number of imidazole rings is 1. The highest BCUT2D eigenvalue weighted by molar-refractivity contribution is 7.91. The van der Waals surface area contributed by atoms with E-state index >= 15 is 0 Å². The number of alkyl halides is 6.